The fourth-order valence-electron chi connectivity index (χ4n) is 1.39. The second-order valence-corrected chi connectivity index (χ2v) is 4.49. The van der Waals surface area contributed by atoms with Crippen LogP contribution >= 0.6 is 15.9 Å². The molecule has 1 aromatic carbocycles. The fraction of sp³-hybridized carbons (Fsp3) is 0. The van der Waals surface area contributed by atoms with E-state index in [-0.39, 0.29) is 11.5 Å². The van der Waals surface area contributed by atoms with Crippen LogP contribution in [0.15, 0.2) is 41.1 Å². The van der Waals surface area contributed by atoms with Crippen LogP contribution in [0.2, 0.25) is 0 Å². The highest BCUT2D eigenvalue weighted by Gasteiger charge is 2.14. The first-order chi connectivity index (χ1) is 9.08. The Morgan fingerprint density at radius 1 is 1.11 bits per heavy atom. The molecule has 7 heteroatoms. The van der Waals surface area contributed by atoms with E-state index in [1.54, 1.807) is 24.3 Å². The maximum atomic E-state index is 12.0. The number of benzene rings is 1. The first kappa shape index (κ1) is 13.2. The summed E-state index contributed by atoms with van der Waals surface area (Å²) in [6.07, 6.45) is 2.69. The molecule has 0 unspecified atom stereocenters. The van der Waals surface area contributed by atoms with Gasteiger partial charge in [0.25, 0.3) is 11.8 Å². The van der Waals surface area contributed by atoms with Gasteiger partial charge in [-0.3, -0.25) is 9.59 Å². The van der Waals surface area contributed by atoms with Crippen LogP contribution < -0.4 is 11.1 Å². The number of nitrogens with two attached hydrogens (primary N) is 1. The lowest BCUT2D eigenvalue weighted by Crippen LogP contribution is -2.20. The van der Waals surface area contributed by atoms with Crippen molar-refractivity contribution in [2.75, 3.05) is 5.32 Å². The average Bonchev–Trinajstić information content (AvgIpc) is 2.39. The minimum atomic E-state index is -0.751. The molecule has 0 spiro atoms. The SMILES string of the molecule is NC(=O)c1nccnc1NC(=O)c1ccc(Br)cc1. The lowest BCUT2D eigenvalue weighted by molar-refractivity contribution is 0.0996. The van der Waals surface area contributed by atoms with Gasteiger partial charge in [-0.1, -0.05) is 15.9 Å². The number of amides is 2. The van der Waals surface area contributed by atoms with E-state index >= 15 is 0 Å². The zero-order valence-corrected chi connectivity index (χ0v) is 11.2. The minimum absolute atomic E-state index is 0.0444. The maximum absolute atomic E-state index is 12.0. The third kappa shape index (κ3) is 3.14. The second-order valence-electron chi connectivity index (χ2n) is 3.58. The summed E-state index contributed by atoms with van der Waals surface area (Å²) < 4.78 is 0.862. The number of anilines is 1. The molecular weight excluding hydrogens is 312 g/mol. The van der Waals surface area contributed by atoms with Crippen LogP contribution in [0.25, 0.3) is 0 Å². The highest BCUT2D eigenvalue weighted by Crippen LogP contribution is 2.13. The van der Waals surface area contributed by atoms with Crippen molar-refractivity contribution in [3.8, 4) is 0 Å². The van der Waals surface area contributed by atoms with E-state index in [1.165, 1.54) is 12.4 Å². The number of hydrogen-bond donors (Lipinski definition) is 2. The highest BCUT2D eigenvalue weighted by atomic mass is 79.9. The Labute approximate surface area is 117 Å². The van der Waals surface area contributed by atoms with Crippen LogP contribution in [0.4, 0.5) is 5.82 Å². The number of rotatable bonds is 3. The number of primary amides is 1. The van der Waals surface area contributed by atoms with Gasteiger partial charge < -0.3 is 11.1 Å². The molecule has 0 atom stereocenters. The lowest BCUT2D eigenvalue weighted by Gasteiger charge is -2.06. The maximum Gasteiger partial charge on any atom is 0.271 e. The highest BCUT2D eigenvalue weighted by molar-refractivity contribution is 9.10. The summed E-state index contributed by atoms with van der Waals surface area (Å²) in [5, 5.41) is 2.50. The molecule has 96 valence electrons. The first-order valence-electron chi connectivity index (χ1n) is 5.25. The molecular formula is C12H9BrN4O2. The van der Waals surface area contributed by atoms with Gasteiger partial charge >= 0.3 is 0 Å². The second kappa shape index (κ2) is 5.57. The van der Waals surface area contributed by atoms with Gasteiger partial charge in [-0.05, 0) is 24.3 Å². The lowest BCUT2D eigenvalue weighted by atomic mass is 10.2. The summed E-state index contributed by atoms with van der Waals surface area (Å²) in [7, 11) is 0. The standard InChI is InChI=1S/C12H9BrN4O2/c13-8-3-1-7(2-4-8)12(19)17-11-9(10(14)18)15-5-6-16-11/h1-6H,(H2,14,18)(H,16,17,19). The molecule has 0 saturated carbocycles. The smallest absolute Gasteiger partial charge is 0.271 e. The molecule has 2 amide bonds. The zero-order valence-electron chi connectivity index (χ0n) is 9.63. The molecule has 0 aliphatic heterocycles. The van der Waals surface area contributed by atoms with E-state index in [4.69, 9.17) is 5.73 Å². The molecule has 0 aliphatic carbocycles. The molecule has 0 aliphatic rings. The average molecular weight is 321 g/mol. The molecule has 19 heavy (non-hydrogen) atoms. The Hall–Kier alpha value is -2.28. The Morgan fingerprint density at radius 3 is 2.37 bits per heavy atom. The summed E-state index contributed by atoms with van der Waals surface area (Å²) in [5.41, 5.74) is 5.51. The van der Waals surface area contributed by atoms with E-state index in [0.717, 1.165) is 4.47 Å². The van der Waals surface area contributed by atoms with Gasteiger partial charge in [0.05, 0.1) is 0 Å². The molecule has 0 bridgehead atoms. The van der Waals surface area contributed by atoms with Gasteiger partial charge in [-0.15, -0.1) is 0 Å². The van der Waals surface area contributed by atoms with Crippen LogP contribution in [0.5, 0.6) is 0 Å². The van der Waals surface area contributed by atoms with Crippen LogP contribution in [-0.4, -0.2) is 21.8 Å². The minimum Gasteiger partial charge on any atom is -0.364 e. The monoisotopic (exact) mass is 320 g/mol. The van der Waals surface area contributed by atoms with Crippen LogP contribution in [0.3, 0.4) is 0 Å². The van der Waals surface area contributed by atoms with Gasteiger partial charge in [-0.2, -0.15) is 0 Å². The predicted octanol–water partition coefficient (Wildman–Crippen LogP) is 1.59. The number of carbonyl (C=O) groups excluding carboxylic acids is 2. The number of hydrogen-bond acceptors (Lipinski definition) is 4. The molecule has 0 saturated heterocycles. The molecule has 2 rings (SSSR count). The third-order valence-corrected chi connectivity index (χ3v) is 2.80. The number of halogens is 1. The molecule has 6 nitrogen and oxygen atoms in total. The van der Waals surface area contributed by atoms with Crippen LogP contribution in [-0.2, 0) is 0 Å². The molecule has 0 radical (unpaired) electrons. The van der Waals surface area contributed by atoms with E-state index in [1.807, 2.05) is 0 Å². The van der Waals surface area contributed by atoms with E-state index < -0.39 is 11.8 Å². The number of nitrogens with one attached hydrogen (secondary N) is 1. The normalized spacial score (nSPS) is 9.95. The van der Waals surface area contributed by atoms with E-state index in [9.17, 15) is 9.59 Å². The van der Waals surface area contributed by atoms with Crippen LogP contribution in [0, 0.1) is 0 Å². The summed E-state index contributed by atoms with van der Waals surface area (Å²) in [6.45, 7) is 0. The van der Waals surface area contributed by atoms with Crippen molar-refractivity contribution in [2.24, 2.45) is 5.73 Å². The van der Waals surface area contributed by atoms with Crippen molar-refractivity contribution in [1.29, 1.82) is 0 Å². The predicted molar refractivity (Wildman–Crippen MR) is 72.6 cm³/mol. The summed E-state index contributed by atoms with van der Waals surface area (Å²) >= 11 is 3.28. The molecule has 1 aromatic heterocycles. The first-order valence-corrected chi connectivity index (χ1v) is 6.05. The summed E-state index contributed by atoms with van der Waals surface area (Å²) in [6, 6.07) is 6.75. The van der Waals surface area contributed by atoms with E-state index in [0.29, 0.717) is 5.56 Å². The number of nitrogens with zero attached hydrogens (tertiary/aromatic N) is 2. The zero-order chi connectivity index (χ0) is 13.8. The van der Waals surface area contributed by atoms with Crippen molar-refractivity contribution >= 4 is 33.6 Å². The van der Waals surface area contributed by atoms with Gasteiger partial charge in [0, 0.05) is 22.4 Å². The van der Waals surface area contributed by atoms with Crippen molar-refractivity contribution < 1.29 is 9.59 Å². The van der Waals surface area contributed by atoms with Gasteiger partial charge in [0.15, 0.2) is 11.5 Å². The van der Waals surface area contributed by atoms with Crippen molar-refractivity contribution in [2.45, 2.75) is 0 Å². The van der Waals surface area contributed by atoms with Gasteiger partial charge in [0.2, 0.25) is 0 Å². The van der Waals surface area contributed by atoms with Crippen molar-refractivity contribution in [3.63, 3.8) is 0 Å². The quantitative estimate of drug-likeness (QED) is 0.897. The molecule has 1 heterocycles. The van der Waals surface area contributed by atoms with Gasteiger partial charge in [-0.25, -0.2) is 9.97 Å². The molecule has 2 aromatic rings. The summed E-state index contributed by atoms with van der Waals surface area (Å²) in [5.74, 6) is -1.10. The topological polar surface area (TPSA) is 98.0 Å². The Balaban J connectivity index is 2.24. The molecule has 0 fully saturated rings. The Kier molecular flexibility index (Phi) is 3.86. The Bertz CT molecular complexity index is 628. The van der Waals surface area contributed by atoms with Crippen LogP contribution in [0.1, 0.15) is 20.8 Å². The third-order valence-electron chi connectivity index (χ3n) is 2.27. The Morgan fingerprint density at radius 2 is 1.74 bits per heavy atom. The molecule has 3 N–H and O–H groups in total. The number of carbonyl (C=O) groups is 2. The van der Waals surface area contributed by atoms with Gasteiger partial charge in [0.1, 0.15) is 0 Å². The van der Waals surface area contributed by atoms with Crippen molar-refractivity contribution in [1.82, 2.24) is 9.97 Å². The fourth-order valence-corrected chi connectivity index (χ4v) is 1.66. The van der Waals surface area contributed by atoms with Crippen molar-refractivity contribution in [3.05, 3.63) is 52.4 Å². The summed E-state index contributed by atoms with van der Waals surface area (Å²) in [4.78, 5) is 30.8. The largest absolute Gasteiger partial charge is 0.364 e. The number of aromatic nitrogens is 2. The van der Waals surface area contributed by atoms with E-state index in [2.05, 4.69) is 31.2 Å².